The molecule has 2 saturated heterocycles. The molecule has 2 aliphatic carbocycles. The molecule has 0 aromatic heterocycles. The number of ether oxygens (including phenoxy) is 2. The van der Waals surface area contributed by atoms with Crippen molar-refractivity contribution < 1.29 is 58.0 Å². The predicted molar refractivity (Wildman–Crippen MR) is 439 cm³/mol. The molecule has 18 nitrogen and oxygen atoms in total. The third kappa shape index (κ3) is 25.4. The Morgan fingerprint density at radius 3 is 1.55 bits per heavy atom. The lowest BCUT2D eigenvalue weighted by molar-refractivity contribution is -0.139. The Bertz CT molecular complexity index is 4130. The molecule has 5 unspecified atom stereocenters. The molecule has 0 bridgehead atoms. The SMILES string of the molecule is CC(C)(C)CCC(O)COc1cccc2c1C=CC(=O)C2.CC(C)(C)CCC(O)COc1cccc2c1CCC(=O)C2.CCN(CC)CCC1(c2ccccc2)C=CC(=O)NC1=O.CCN(CC)CCC1(c2ccccc2)CCC(=O)NC1=O.O=C1C=CC(c2ccccc2)(C2CCN(Cc3ccccc3)CC2)C(=O)N1. The number of nitrogens with zero attached hydrogens (tertiary/aromatic N) is 3. The van der Waals surface area contributed by atoms with Gasteiger partial charge in [0.25, 0.3) is 0 Å². The molecular weight excluding hydrogens is 1390 g/mol. The average Bonchev–Trinajstić information content (AvgIpc) is 0.757. The van der Waals surface area contributed by atoms with E-state index in [9.17, 15) is 48.6 Å². The minimum atomic E-state index is -0.756. The summed E-state index contributed by atoms with van der Waals surface area (Å²) in [7, 11) is 0. The smallest absolute Gasteiger partial charge is 0.250 e. The van der Waals surface area contributed by atoms with Gasteiger partial charge in [-0.25, -0.2) is 0 Å². The van der Waals surface area contributed by atoms with Crippen LogP contribution < -0.4 is 25.4 Å². The zero-order chi connectivity index (χ0) is 80.2. The van der Waals surface area contributed by atoms with E-state index in [1.807, 2.05) is 140 Å². The van der Waals surface area contributed by atoms with Gasteiger partial charge in [0, 0.05) is 49.9 Å². The molecule has 6 aliphatic rings. The summed E-state index contributed by atoms with van der Waals surface area (Å²) in [5, 5.41) is 27.6. The summed E-state index contributed by atoms with van der Waals surface area (Å²) in [4.78, 5) is 103. The van der Waals surface area contributed by atoms with Crippen molar-refractivity contribution >= 4 is 53.1 Å². The number of aliphatic hydroxyl groups excluding tert-OH is 2. The fourth-order valence-electron chi connectivity index (χ4n) is 15.2. The molecule has 6 amide bonds. The summed E-state index contributed by atoms with van der Waals surface area (Å²) >= 11 is 0. The van der Waals surface area contributed by atoms with Crippen molar-refractivity contribution in [3.8, 4) is 11.5 Å². The number of rotatable bonds is 26. The van der Waals surface area contributed by atoms with Gasteiger partial charge in [-0.3, -0.25) is 59.2 Å². The van der Waals surface area contributed by atoms with Crippen LogP contribution in [-0.2, 0) is 80.4 Å². The van der Waals surface area contributed by atoms with Crippen LogP contribution in [0.4, 0.5) is 0 Å². The number of ketones is 2. The topological polar surface area (TPSA) is 241 Å². The maximum Gasteiger partial charge on any atom is 0.250 e. The molecule has 2 fully saturated rings. The van der Waals surface area contributed by atoms with Crippen molar-refractivity contribution in [2.75, 3.05) is 65.6 Å². The second-order valence-corrected chi connectivity index (χ2v) is 32.3. The van der Waals surface area contributed by atoms with Gasteiger partial charge in [0.15, 0.2) is 5.78 Å². The number of likely N-dealkylation sites (tertiary alicyclic amines) is 1. The number of fused-ring (bicyclic) bond motifs is 2. The highest BCUT2D eigenvalue weighted by atomic mass is 16.5. The number of nitrogens with one attached hydrogen (secondary N) is 3. The van der Waals surface area contributed by atoms with Gasteiger partial charge in [0.2, 0.25) is 35.4 Å². The van der Waals surface area contributed by atoms with E-state index in [4.69, 9.17) is 9.47 Å². The summed E-state index contributed by atoms with van der Waals surface area (Å²) in [6.07, 6.45) is 19.0. The van der Waals surface area contributed by atoms with Gasteiger partial charge < -0.3 is 29.5 Å². The largest absolute Gasteiger partial charge is 0.491 e. The fraction of sp³-hybridized carbons (Fsp3) is 0.462. The third-order valence-electron chi connectivity index (χ3n) is 22.1. The number of aliphatic hydroxyl groups is 2. The number of carbonyl (C=O) groups excluding carboxylic acids is 8. The Morgan fingerprint density at radius 2 is 1.01 bits per heavy atom. The molecule has 111 heavy (non-hydrogen) atoms. The van der Waals surface area contributed by atoms with Crippen LogP contribution in [-0.4, -0.2) is 150 Å². The molecule has 4 aliphatic heterocycles. The zero-order valence-corrected chi connectivity index (χ0v) is 67.2. The molecule has 4 heterocycles. The van der Waals surface area contributed by atoms with E-state index in [2.05, 4.69) is 124 Å². The quantitative estimate of drug-likeness (QED) is 0.0317. The van der Waals surface area contributed by atoms with Crippen LogP contribution in [0.1, 0.15) is 184 Å². The van der Waals surface area contributed by atoms with Crippen LogP contribution in [0, 0.1) is 16.7 Å². The number of hydrogen-bond acceptors (Lipinski definition) is 15. The Hall–Kier alpha value is -9.30. The number of allylic oxidation sites excluding steroid dienone is 1. The van der Waals surface area contributed by atoms with Crippen LogP contribution >= 0.6 is 0 Å². The first-order valence-electron chi connectivity index (χ1n) is 40.0. The predicted octanol–water partition coefficient (Wildman–Crippen LogP) is 13.7. The van der Waals surface area contributed by atoms with Crippen LogP contribution in [0.3, 0.4) is 0 Å². The number of imide groups is 3. The second kappa shape index (κ2) is 41.8. The normalized spacial score (nSPS) is 20.3. The third-order valence-corrected chi connectivity index (χ3v) is 22.1. The summed E-state index contributed by atoms with van der Waals surface area (Å²) in [5.74, 6) is 0.775. The van der Waals surface area contributed by atoms with Gasteiger partial charge in [0.1, 0.15) is 30.5 Å². The van der Waals surface area contributed by atoms with Crippen molar-refractivity contribution in [3.63, 3.8) is 0 Å². The number of amides is 6. The maximum absolute atomic E-state index is 13.0. The zero-order valence-electron chi connectivity index (χ0n) is 67.2. The van der Waals surface area contributed by atoms with Crippen molar-refractivity contribution in [1.29, 1.82) is 0 Å². The minimum absolute atomic E-state index is 0.116. The molecule has 5 N–H and O–H groups in total. The van der Waals surface area contributed by atoms with E-state index in [0.717, 1.165) is 161 Å². The van der Waals surface area contributed by atoms with Crippen molar-refractivity contribution in [2.24, 2.45) is 16.7 Å². The Labute approximate surface area is 658 Å². The van der Waals surface area contributed by atoms with E-state index in [1.165, 1.54) is 17.7 Å². The lowest BCUT2D eigenvalue weighted by Gasteiger charge is -2.43. The van der Waals surface area contributed by atoms with Gasteiger partial charge in [-0.2, -0.15) is 0 Å². The fourth-order valence-corrected chi connectivity index (χ4v) is 15.2. The Morgan fingerprint density at radius 1 is 0.505 bits per heavy atom. The number of benzene rings is 6. The summed E-state index contributed by atoms with van der Waals surface area (Å²) in [6, 6.07) is 51.4. The second-order valence-electron chi connectivity index (χ2n) is 32.3. The summed E-state index contributed by atoms with van der Waals surface area (Å²) < 4.78 is 11.6. The summed E-state index contributed by atoms with van der Waals surface area (Å²) in [6.45, 7) is 30.4. The van der Waals surface area contributed by atoms with Crippen LogP contribution in [0.15, 0.2) is 188 Å². The van der Waals surface area contributed by atoms with Crippen molar-refractivity contribution in [1.82, 2.24) is 30.7 Å². The highest BCUT2D eigenvalue weighted by molar-refractivity contribution is 6.10. The van der Waals surface area contributed by atoms with E-state index < -0.39 is 28.5 Å². The molecular formula is C93H120N6O12. The van der Waals surface area contributed by atoms with Crippen molar-refractivity contribution in [3.05, 3.63) is 233 Å². The molecule has 0 radical (unpaired) electrons. The Balaban J connectivity index is 0.000000175. The van der Waals surface area contributed by atoms with Crippen LogP contribution in [0.5, 0.6) is 11.5 Å². The first-order chi connectivity index (χ1) is 53.1. The van der Waals surface area contributed by atoms with Crippen LogP contribution in [0.25, 0.3) is 6.08 Å². The number of piperidine rings is 2. The monoisotopic (exact) mass is 1510 g/mol. The molecule has 6 aromatic rings. The van der Waals surface area contributed by atoms with E-state index in [-0.39, 0.29) is 64.6 Å². The average molecular weight is 1510 g/mol. The Kier molecular flexibility index (Phi) is 32.9. The standard InChI is InChI=1S/C23H24N2O2.C18H26O3.C18H24O3.C17H24N2O2.C17H22N2O2/c26-21-11-14-23(22(27)24-21,19-9-5-2-6-10-19)20-12-15-25(16-13-20)17-18-7-3-1-4-8-18;2*1-18(2,3)10-9-15(20)12-21-17-6-4-5-13-11-14(19)7-8-16(13)17;2*1-3-19(4-2)13-12-17(14-8-6-5-7-9-14)11-10-15(20)18-16(17)21/h1-11,14,20H,12-13,15-17H2,(H,24,26,27);4-6,15,20H,7-12H2,1-3H3;4-8,15,20H,9-12H2,1-3H3;5-9H,3-4,10-13H2,1-2H3,(H,18,20,21);5-11H,3-4,12-13H2,1-2H3,(H,18,20,21). The number of carbonyl (C=O) groups is 8. The molecule has 594 valence electrons. The van der Waals surface area contributed by atoms with Gasteiger partial charge in [-0.05, 0) is 197 Å². The van der Waals surface area contributed by atoms with Crippen molar-refractivity contribution in [2.45, 2.75) is 194 Å². The first-order valence-corrected chi connectivity index (χ1v) is 40.0. The van der Waals surface area contributed by atoms with Gasteiger partial charge >= 0.3 is 0 Å². The molecule has 12 rings (SSSR count). The highest BCUT2D eigenvalue weighted by Gasteiger charge is 2.49. The molecule has 6 aromatic carbocycles. The molecule has 0 spiro atoms. The molecule has 5 atom stereocenters. The first kappa shape index (κ1) is 87.3. The lowest BCUT2D eigenvalue weighted by atomic mass is 9.65. The van der Waals surface area contributed by atoms with Gasteiger partial charge in [0.05, 0.1) is 28.5 Å². The minimum Gasteiger partial charge on any atom is -0.491 e. The van der Waals surface area contributed by atoms with Crippen LogP contribution in [0.2, 0.25) is 0 Å². The summed E-state index contributed by atoms with van der Waals surface area (Å²) in [5.41, 5.74) is 6.76. The molecule has 0 saturated carbocycles. The number of hydrogen-bond donors (Lipinski definition) is 5. The highest BCUT2D eigenvalue weighted by Crippen LogP contribution is 2.43. The van der Waals surface area contributed by atoms with E-state index in [0.29, 0.717) is 50.9 Å². The molecule has 18 heteroatoms. The van der Waals surface area contributed by atoms with Gasteiger partial charge in [-0.1, -0.05) is 227 Å². The van der Waals surface area contributed by atoms with E-state index in [1.54, 1.807) is 18.2 Å². The van der Waals surface area contributed by atoms with Gasteiger partial charge in [-0.15, -0.1) is 0 Å². The van der Waals surface area contributed by atoms with E-state index >= 15 is 0 Å². The number of Topliss-reactive ketones (excluding diaryl/α,β-unsaturated/α-hetero) is 1. The lowest BCUT2D eigenvalue weighted by Crippen LogP contribution is -2.54. The maximum atomic E-state index is 13.0.